The summed E-state index contributed by atoms with van der Waals surface area (Å²) in [7, 11) is -2.16. The Kier molecular flexibility index (Phi) is 10.0. The topological polar surface area (TPSA) is 118 Å². The molecule has 4 rings (SSSR count). The molecular formula is C30H40N4O6S. The van der Waals surface area contributed by atoms with Crippen molar-refractivity contribution in [3.63, 3.8) is 0 Å². The summed E-state index contributed by atoms with van der Waals surface area (Å²) in [6, 6.07) is 12.3. The molecule has 0 aromatic heterocycles. The number of likely N-dealkylation sites (tertiary alicyclic amines) is 1. The summed E-state index contributed by atoms with van der Waals surface area (Å²) >= 11 is 0. The van der Waals surface area contributed by atoms with E-state index in [9.17, 15) is 18.0 Å². The largest absolute Gasteiger partial charge is 0.493 e. The van der Waals surface area contributed by atoms with E-state index in [1.807, 2.05) is 11.8 Å². The highest BCUT2D eigenvalue weighted by Gasteiger charge is 2.33. The molecular weight excluding hydrogens is 544 g/mol. The second-order valence-electron chi connectivity index (χ2n) is 10.9. The van der Waals surface area contributed by atoms with E-state index in [2.05, 4.69) is 24.4 Å². The molecule has 2 heterocycles. The van der Waals surface area contributed by atoms with Crippen LogP contribution in [0.5, 0.6) is 11.5 Å². The zero-order valence-electron chi connectivity index (χ0n) is 24.2. The van der Waals surface area contributed by atoms with Crippen LogP contribution in [-0.2, 0) is 19.6 Å². The minimum atomic E-state index is -3.68. The molecule has 0 saturated carbocycles. The number of ether oxygens (including phenoxy) is 2. The number of hydrazone groups is 1. The van der Waals surface area contributed by atoms with E-state index >= 15 is 0 Å². The van der Waals surface area contributed by atoms with Gasteiger partial charge in [0.25, 0.3) is 5.91 Å². The van der Waals surface area contributed by atoms with E-state index < -0.39 is 15.9 Å². The maximum Gasteiger partial charge on any atom is 0.260 e. The first-order valence-corrected chi connectivity index (χ1v) is 15.6. The molecule has 222 valence electrons. The van der Waals surface area contributed by atoms with Crippen LogP contribution in [0.15, 0.2) is 52.5 Å². The van der Waals surface area contributed by atoms with Crippen LogP contribution in [0.25, 0.3) is 0 Å². The number of carbonyl (C=O) groups excluding carboxylic acids is 2. The molecule has 10 nitrogen and oxygen atoms in total. The van der Waals surface area contributed by atoms with Gasteiger partial charge in [-0.3, -0.25) is 9.59 Å². The van der Waals surface area contributed by atoms with Crippen LogP contribution in [-0.4, -0.2) is 74.5 Å². The molecule has 2 saturated heterocycles. The number of rotatable bonds is 9. The Morgan fingerprint density at radius 3 is 2.41 bits per heavy atom. The minimum Gasteiger partial charge on any atom is -0.493 e. The van der Waals surface area contributed by atoms with Crippen molar-refractivity contribution in [2.24, 2.45) is 11.0 Å². The highest BCUT2D eigenvalue weighted by molar-refractivity contribution is 7.89. The number of methoxy groups -OCH3 is 1. The summed E-state index contributed by atoms with van der Waals surface area (Å²) in [4.78, 5) is 27.8. The number of piperidine rings is 2. The Balaban J connectivity index is 1.32. The van der Waals surface area contributed by atoms with E-state index in [1.54, 1.807) is 42.5 Å². The van der Waals surface area contributed by atoms with Crippen molar-refractivity contribution in [2.75, 3.05) is 26.8 Å². The minimum absolute atomic E-state index is 0.0481. The summed E-state index contributed by atoms with van der Waals surface area (Å²) in [5.74, 6) is -0.00694. The maximum atomic E-state index is 13.1. The monoisotopic (exact) mass is 584 g/mol. The van der Waals surface area contributed by atoms with Crippen molar-refractivity contribution in [3.05, 3.63) is 53.6 Å². The molecule has 11 heteroatoms. The van der Waals surface area contributed by atoms with Gasteiger partial charge < -0.3 is 14.4 Å². The molecule has 2 amide bonds. The molecule has 0 spiro atoms. The predicted octanol–water partition coefficient (Wildman–Crippen LogP) is 3.72. The molecule has 0 bridgehead atoms. The van der Waals surface area contributed by atoms with E-state index in [1.165, 1.54) is 17.6 Å². The number of benzene rings is 2. The molecule has 41 heavy (non-hydrogen) atoms. The number of hydrogen-bond acceptors (Lipinski definition) is 7. The normalized spacial score (nSPS) is 22.0. The van der Waals surface area contributed by atoms with Crippen LogP contribution in [0, 0.1) is 12.8 Å². The Morgan fingerprint density at radius 1 is 1.02 bits per heavy atom. The van der Waals surface area contributed by atoms with Gasteiger partial charge in [0.2, 0.25) is 15.9 Å². The van der Waals surface area contributed by atoms with Gasteiger partial charge in [-0.15, -0.1) is 0 Å². The molecule has 0 radical (unpaired) electrons. The molecule has 0 aliphatic carbocycles. The lowest BCUT2D eigenvalue weighted by atomic mass is 9.97. The van der Waals surface area contributed by atoms with Crippen LogP contribution in [0.4, 0.5) is 0 Å². The molecule has 2 fully saturated rings. The van der Waals surface area contributed by atoms with Gasteiger partial charge in [-0.25, -0.2) is 13.8 Å². The Labute approximate surface area is 242 Å². The van der Waals surface area contributed by atoms with Gasteiger partial charge in [-0.05, 0) is 88.8 Å². The highest BCUT2D eigenvalue weighted by atomic mass is 32.2. The third kappa shape index (κ3) is 7.45. The summed E-state index contributed by atoms with van der Waals surface area (Å²) in [6.07, 6.45) is 5.76. The second kappa shape index (κ2) is 13.5. The van der Waals surface area contributed by atoms with E-state index in [0.29, 0.717) is 36.4 Å². The fourth-order valence-corrected chi connectivity index (χ4v) is 7.03. The third-order valence-electron chi connectivity index (χ3n) is 7.82. The molecule has 3 unspecified atom stereocenters. The summed E-state index contributed by atoms with van der Waals surface area (Å²) in [6.45, 7) is 6.44. The number of nitrogens with one attached hydrogen (secondary N) is 1. The number of carbonyl (C=O) groups is 2. The maximum absolute atomic E-state index is 13.1. The quantitative estimate of drug-likeness (QED) is 0.355. The summed E-state index contributed by atoms with van der Waals surface area (Å²) in [5.41, 5.74) is 4.18. The lowest BCUT2D eigenvalue weighted by Crippen LogP contribution is -2.49. The van der Waals surface area contributed by atoms with E-state index in [4.69, 9.17) is 9.47 Å². The van der Waals surface area contributed by atoms with Gasteiger partial charge in [0.05, 0.1) is 24.1 Å². The van der Waals surface area contributed by atoms with Crippen molar-refractivity contribution in [2.45, 2.75) is 69.9 Å². The van der Waals surface area contributed by atoms with Crippen molar-refractivity contribution >= 4 is 28.1 Å². The number of hydrogen-bond donors (Lipinski definition) is 1. The fraction of sp³-hybridized carbons (Fsp3) is 0.500. The zero-order valence-corrected chi connectivity index (χ0v) is 25.0. The molecule has 2 aliphatic rings. The second-order valence-corrected chi connectivity index (χ2v) is 12.8. The van der Waals surface area contributed by atoms with Crippen molar-refractivity contribution in [3.8, 4) is 11.5 Å². The number of aryl methyl sites for hydroxylation is 1. The van der Waals surface area contributed by atoms with Gasteiger partial charge in [-0.2, -0.15) is 9.41 Å². The molecule has 1 N–H and O–H groups in total. The lowest BCUT2D eigenvalue weighted by Gasteiger charge is -2.39. The molecule has 2 aliphatic heterocycles. The number of sulfonamides is 1. The van der Waals surface area contributed by atoms with Gasteiger partial charge in [0.15, 0.2) is 18.1 Å². The average molecular weight is 585 g/mol. The zero-order chi connectivity index (χ0) is 29.6. The van der Waals surface area contributed by atoms with Crippen LogP contribution in [0.3, 0.4) is 0 Å². The van der Waals surface area contributed by atoms with Crippen LogP contribution in [0.1, 0.15) is 57.1 Å². The van der Waals surface area contributed by atoms with Gasteiger partial charge in [0.1, 0.15) is 0 Å². The Morgan fingerprint density at radius 2 is 1.73 bits per heavy atom. The predicted molar refractivity (Wildman–Crippen MR) is 157 cm³/mol. The number of amides is 2. The van der Waals surface area contributed by atoms with Gasteiger partial charge >= 0.3 is 0 Å². The SMILES string of the molecule is COc1cc(C=NNC(=O)C2CCCN(S(=O)(=O)c3ccc(C)cc3)C2)ccc1OCC(=O)N1C(C)CCCC1C. The highest BCUT2D eigenvalue weighted by Crippen LogP contribution is 2.29. The molecule has 2 aromatic rings. The number of nitrogens with zero attached hydrogens (tertiary/aromatic N) is 3. The first-order valence-electron chi connectivity index (χ1n) is 14.1. The average Bonchev–Trinajstić information content (AvgIpc) is 2.96. The Hall–Kier alpha value is -3.44. The van der Waals surface area contributed by atoms with Crippen LogP contribution in [0.2, 0.25) is 0 Å². The van der Waals surface area contributed by atoms with E-state index in [-0.39, 0.29) is 41.9 Å². The van der Waals surface area contributed by atoms with E-state index in [0.717, 1.165) is 24.8 Å². The Bertz CT molecular complexity index is 1350. The molecule has 3 atom stereocenters. The van der Waals surface area contributed by atoms with Gasteiger partial charge in [-0.1, -0.05) is 17.7 Å². The molecule has 2 aromatic carbocycles. The van der Waals surface area contributed by atoms with Crippen molar-refractivity contribution in [1.82, 2.24) is 14.6 Å². The summed E-state index contributed by atoms with van der Waals surface area (Å²) in [5, 5.41) is 4.08. The van der Waals surface area contributed by atoms with Crippen molar-refractivity contribution in [1.29, 1.82) is 0 Å². The smallest absolute Gasteiger partial charge is 0.260 e. The fourth-order valence-electron chi connectivity index (χ4n) is 5.51. The van der Waals surface area contributed by atoms with Crippen LogP contribution < -0.4 is 14.9 Å². The van der Waals surface area contributed by atoms with Crippen molar-refractivity contribution < 1.29 is 27.5 Å². The lowest BCUT2D eigenvalue weighted by molar-refractivity contribution is -0.139. The first kappa shape index (κ1) is 30.5. The third-order valence-corrected chi connectivity index (χ3v) is 9.70. The summed E-state index contributed by atoms with van der Waals surface area (Å²) < 4.78 is 38.8. The van der Waals surface area contributed by atoms with Crippen LogP contribution >= 0.6 is 0 Å². The standard InChI is InChI=1S/C30H40N4O6S/c1-21-10-13-26(14-11-21)41(37,38)33-16-6-9-25(19-33)30(36)32-31-18-24-12-15-27(28(17-24)39-4)40-20-29(35)34-22(2)7-5-8-23(34)3/h10-15,17-18,22-23,25H,5-9,16,19-20H2,1-4H3,(H,32,36). The van der Waals surface area contributed by atoms with Gasteiger partial charge in [0, 0.05) is 25.2 Å². The first-order chi connectivity index (χ1) is 19.6.